The van der Waals surface area contributed by atoms with Gasteiger partial charge in [0.05, 0.1) is 10.6 Å². The molecule has 172 valence electrons. The number of sulfone groups is 1. The van der Waals surface area contributed by atoms with Crippen LogP contribution in [0.5, 0.6) is 0 Å². The highest BCUT2D eigenvalue weighted by atomic mass is 32.2. The van der Waals surface area contributed by atoms with Crippen molar-refractivity contribution in [1.29, 1.82) is 0 Å². The summed E-state index contributed by atoms with van der Waals surface area (Å²) in [6.07, 6.45) is 22.8. The van der Waals surface area contributed by atoms with E-state index in [0.717, 1.165) is 38.5 Å². The molecule has 0 amide bonds. The zero-order chi connectivity index (χ0) is 21.9. The summed E-state index contributed by atoms with van der Waals surface area (Å²) in [7, 11) is -3.14. The van der Waals surface area contributed by atoms with Gasteiger partial charge in [-0.25, -0.2) is 8.42 Å². The van der Waals surface area contributed by atoms with Gasteiger partial charge in [0.1, 0.15) is 0 Å². The third-order valence-electron chi connectivity index (χ3n) is 5.92. The molecule has 1 rings (SSSR count). The number of benzene rings is 1. The second-order valence-corrected chi connectivity index (χ2v) is 10.8. The van der Waals surface area contributed by atoms with Gasteiger partial charge in [-0.05, 0) is 49.8 Å². The fourth-order valence-electron chi connectivity index (χ4n) is 3.91. The molecule has 0 spiro atoms. The van der Waals surface area contributed by atoms with Gasteiger partial charge in [0, 0.05) is 0 Å². The van der Waals surface area contributed by atoms with Crippen molar-refractivity contribution < 1.29 is 8.42 Å². The van der Waals surface area contributed by atoms with Gasteiger partial charge < -0.3 is 0 Å². The molecule has 0 bridgehead atoms. The summed E-state index contributed by atoms with van der Waals surface area (Å²) >= 11 is 0. The van der Waals surface area contributed by atoms with Crippen LogP contribution in [0.2, 0.25) is 0 Å². The Bertz CT molecular complexity index is 631. The summed E-state index contributed by atoms with van der Waals surface area (Å²) in [5.74, 6) is 0.263. The van der Waals surface area contributed by atoms with Crippen LogP contribution < -0.4 is 0 Å². The van der Waals surface area contributed by atoms with Gasteiger partial charge in [0.25, 0.3) is 0 Å². The van der Waals surface area contributed by atoms with E-state index in [2.05, 4.69) is 13.5 Å². The summed E-state index contributed by atoms with van der Waals surface area (Å²) in [5.41, 5.74) is 1.26. The van der Waals surface area contributed by atoms with Crippen molar-refractivity contribution in [2.45, 2.75) is 121 Å². The average molecular weight is 435 g/mol. The van der Waals surface area contributed by atoms with Crippen molar-refractivity contribution in [3.63, 3.8) is 0 Å². The summed E-state index contributed by atoms with van der Waals surface area (Å²) in [6.45, 7) is 5.99. The largest absolute Gasteiger partial charge is 0.224 e. The number of aryl methyl sites for hydroxylation is 1. The van der Waals surface area contributed by atoms with E-state index in [1.54, 1.807) is 12.1 Å². The molecule has 0 aliphatic heterocycles. The maximum absolute atomic E-state index is 12.5. The smallest absolute Gasteiger partial charge is 0.178 e. The van der Waals surface area contributed by atoms with Gasteiger partial charge in [-0.3, -0.25) is 0 Å². The summed E-state index contributed by atoms with van der Waals surface area (Å²) < 4.78 is 25.0. The monoisotopic (exact) mass is 434 g/mol. The lowest BCUT2D eigenvalue weighted by molar-refractivity contribution is 0.549. The number of unbranched alkanes of at least 4 members (excludes halogenated alkanes) is 14. The molecule has 2 nitrogen and oxygen atoms in total. The minimum atomic E-state index is -3.14. The van der Waals surface area contributed by atoms with Crippen molar-refractivity contribution in [2.75, 3.05) is 5.75 Å². The average Bonchev–Trinajstić information content (AvgIpc) is 2.75. The number of hydrogen-bond acceptors (Lipinski definition) is 2. The van der Waals surface area contributed by atoms with E-state index in [4.69, 9.17) is 0 Å². The zero-order valence-electron chi connectivity index (χ0n) is 19.5. The lowest BCUT2D eigenvalue weighted by Gasteiger charge is -2.07. The molecule has 30 heavy (non-hydrogen) atoms. The molecule has 0 N–H and O–H groups in total. The Labute approximate surface area is 187 Å². The summed E-state index contributed by atoms with van der Waals surface area (Å²) in [4.78, 5) is 0.483. The lowest BCUT2D eigenvalue weighted by atomic mass is 10.0. The molecular weight excluding hydrogens is 388 g/mol. The molecule has 0 saturated carbocycles. The molecule has 0 saturated heterocycles. The Balaban J connectivity index is 2.13. The predicted molar refractivity (Wildman–Crippen MR) is 132 cm³/mol. The van der Waals surface area contributed by atoms with E-state index in [-0.39, 0.29) is 5.75 Å². The van der Waals surface area contributed by atoms with Crippen molar-refractivity contribution in [3.8, 4) is 0 Å². The van der Waals surface area contributed by atoms with Gasteiger partial charge >= 0.3 is 0 Å². The second kappa shape index (κ2) is 17.6. The van der Waals surface area contributed by atoms with Crippen LogP contribution in [0, 0.1) is 0 Å². The topological polar surface area (TPSA) is 34.1 Å². The summed E-state index contributed by atoms with van der Waals surface area (Å²) in [5, 5.41) is 0. The minimum absolute atomic E-state index is 0.263. The van der Waals surface area contributed by atoms with Gasteiger partial charge in [-0.15, -0.1) is 6.58 Å². The first-order valence-electron chi connectivity index (χ1n) is 12.5. The highest BCUT2D eigenvalue weighted by Crippen LogP contribution is 2.17. The fourth-order valence-corrected chi connectivity index (χ4v) is 5.28. The molecule has 0 heterocycles. The van der Waals surface area contributed by atoms with E-state index in [9.17, 15) is 8.42 Å². The molecule has 0 unspecified atom stereocenters. The highest BCUT2D eigenvalue weighted by Gasteiger charge is 2.13. The molecule has 0 aliphatic carbocycles. The maximum Gasteiger partial charge on any atom is 0.178 e. The van der Waals surface area contributed by atoms with Crippen LogP contribution in [0.25, 0.3) is 0 Å². The zero-order valence-corrected chi connectivity index (χ0v) is 20.4. The van der Waals surface area contributed by atoms with Crippen molar-refractivity contribution >= 4 is 9.84 Å². The molecule has 3 heteroatoms. The van der Waals surface area contributed by atoms with Crippen LogP contribution >= 0.6 is 0 Å². The van der Waals surface area contributed by atoms with Crippen LogP contribution in [0.4, 0.5) is 0 Å². The Morgan fingerprint density at radius 2 is 1.20 bits per heavy atom. The minimum Gasteiger partial charge on any atom is -0.224 e. The van der Waals surface area contributed by atoms with Gasteiger partial charge in [0.15, 0.2) is 9.84 Å². The van der Waals surface area contributed by atoms with E-state index in [1.165, 1.54) is 76.2 Å². The highest BCUT2D eigenvalue weighted by molar-refractivity contribution is 7.91. The van der Waals surface area contributed by atoms with Gasteiger partial charge in [0.2, 0.25) is 0 Å². The molecular formula is C27H46O2S. The van der Waals surface area contributed by atoms with Gasteiger partial charge in [-0.2, -0.15) is 0 Å². The predicted octanol–water partition coefficient (Wildman–Crippen LogP) is 8.45. The molecule has 1 aromatic carbocycles. The Morgan fingerprint density at radius 1 is 0.700 bits per heavy atom. The first-order chi connectivity index (χ1) is 14.6. The van der Waals surface area contributed by atoms with Crippen molar-refractivity contribution in [1.82, 2.24) is 0 Å². The van der Waals surface area contributed by atoms with Crippen LogP contribution in [0.3, 0.4) is 0 Å². The molecule has 1 aromatic rings. The molecule has 0 aromatic heterocycles. The Morgan fingerprint density at radius 3 is 1.77 bits per heavy atom. The maximum atomic E-state index is 12.5. The quantitative estimate of drug-likeness (QED) is 0.152. The van der Waals surface area contributed by atoms with Crippen LogP contribution in [0.15, 0.2) is 41.8 Å². The molecule has 0 atom stereocenters. The number of rotatable bonds is 20. The normalized spacial score (nSPS) is 11.6. The number of allylic oxidation sites excluding steroid dienone is 1. The van der Waals surface area contributed by atoms with Crippen molar-refractivity contribution in [3.05, 3.63) is 42.5 Å². The van der Waals surface area contributed by atoms with Crippen molar-refractivity contribution in [2.24, 2.45) is 0 Å². The fraction of sp³-hybridized carbons (Fsp3) is 0.704. The SMILES string of the molecule is C=CCCCCCCS(=O)(=O)c1ccc(CCCCCCCCCCCCC)cc1. The van der Waals surface area contributed by atoms with Crippen LogP contribution in [-0.2, 0) is 16.3 Å². The first kappa shape index (κ1) is 26.9. The van der Waals surface area contributed by atoms with Crippen LogP contribution in [-0.4, -0.2) is 14.2 Å². The summed E-state index contributed by atoms with van der Waals surface area (Å²) in [6, 6.07) is 7.63. The third-order valence-corrected chi connectivity index (χ3v) is 7.74. The molecule has 0 aliphatic rings. The molecule has 0 fully saturated rings. The lowest BCUT2D eigenvalue weighted by Crippen LogP contribution is -2.07. The standard InChI is InChI=1S/C27H46O2S/c1-3-5-7-9-11-12-13-14-15-16-18-20-26-21-23-27(24-22-26)30(28,29)25-19-17-10-8-6-4-2/h4,21-24H,2-3,5-20,25H2,1H3. The van der Waals surface area contributed by atoms with E-state index >= 15 is 0 Å². The number of hydrogen-bond donors (Lipinski definition) is 0. The van der Waals surface area contributed by atoms with Gasteiger partial charge in [-0.1, -0.05) is 102 Å². The second-order valence-electron chi connectivity index (χ2n) is 8.74. The van der Waals surface area contributed by atoms with E-state index < -0.39 is 9.84 Å². The van der Waals surface area contributed by atoms with Crippen LogP contribution in [0.1, 0.15) is 115 Å². The third kappa shape index (κ3) is 13.3. The van der Waals surface area contributed by atoms with E-state index in [0.29, 0.717) is 4.90 Å². The Kier molecular flexibility index (Phi) is 15.8. The first-order valence-corrected chi connectivity index (χ1v) is 14.2. The molecule has 0 radical (unpaired) electrons. The van der Waals surface area contributed by atoms with E-state index in [1.807, 2.05) is 18.2 Å². The Hall–Kier alpha value is -1.09.